The van der Waals surface area contributed by atoms with E-state index in [1.165, 1.54) is 0 Å². The van der Waals surface area contributed by atoms with E-state index < -0.39 is 0 Å². The van der Waals surface area contributed by atoms with Crippen LogP contribution >= 0.6 is 0 Å². The van der Waals surface area contributed by atoms with Crippen molar-refractivity contribution < 1.29 is 9.53 Å². The van der Waals surface area contributed by atoms with Crippen LogP contribution in [-0.4, -0.2) is 74.9 Å². The maximum absolute atomic E-state index is 13.2. The number of rotatable bonds is 4. The van der Waals surface area contributed by atoms with E-state index in [0.29, 0.717) is 11.4 Å². The number of hydrogen-bond acceptors (Lipinski definition) is 5. The van der Waals surface area contributed by atoms with Crippen molar-refractivity contribution in [3.63, 3.8) is 0 Å². The zero-order valence-electron chi connectivity index (χ0n) is 16.0. The Morgan fingerprint density at radius 2 is 2.07 bits per heavy atom. The normalized spacial score (nSPS) is 26.4. The van der Waals surface area contributed by atoms with Crippen LogP contribution in [-0.2, 0) is 4.74 Å². The van der Waals surface area contributed by atoms with Gasteiger partial charge in [-0.3, -0.25) is 9.69 Å². The molecule has 7 nitrogen and oxygen atoms in total. The van der Waals surface area contributed by atoms with Crippen LogP contribution in [0.1, 0.15) is 37.0 Å². The quantitative estimate of drug-likeness (QED) is 0.825. The number of carbonyl (C=O) groups is 1. The Morgan fingerprint density at radius 1 is 1.26 bits per heavy atom. The molecule has 3 unspecified atom stereocenters. The van der Waals surface area contributed by atoms with Gasteiger partial charge in [0.1, 0.15) is 0 Å². The lowest BCUT2D eigenvalue weighted by Crippen LogP contribution is -2.50. The number of ether oxygens (including phenoxy) is 1. The fourth-order valence-electron chi connectivity index (χ4n) is 4.27. The highest BCUT2D eigenvalue weighted by molar-refractivity contribution is 5.95. The standard InChI is InChI=1S/C20H27N5O2/c1-15-12-23(13-16(2)27-15)14-18-5-3-9-24(18)20(26)17-6-8-21-19(11-17)25-10-4-7-22-25/h4,6-8,10-11,15-16,18H,3,5,9,12-14H2,1-2H3. The summed E-state index contributed by atoms with van der Waals surface area (Å²) in [5.74, 6) is 0.750. The predicted octanol–water partition coefficient (Wildman–Crippen LogP) is 1.98. The molecule has 0 bridgehead atoms. The summed E-state index contributed by atoms with van der Waals surface area (Å²) in [6.45, 7) is 7.84. The van der Waals surface area contributed by atoms with E-state index in [0.717, 1.165) is 39.0 Å². The maximum atomic E-state index is 13.2. The Hall–Kier alpha value is -2.25. The van der Waals surface area contributed by atoms with Crippen LogP contribution in [0, 0.1) is 0 Å². The molecule has 4 heterocycles. The van der Waals surface area contributed by atoms with Crippen molar-refractivity contribution in [3.8, 4) is 5.82 Å². The van der Waals surface area contributed by atoms with E-state index in [-0.39, 0.29) is 24.2 Å². The van der Waals surface area contributed by atoms with Gasteiger partial charge in [0.2, 0.25) is 0 Å². The Bertz CT molecular complexity index is 768. The monoisotopic (exact) mass is 369 g/mol. The molecule has 2 aromatic heterocycles. The van der Waals surface area contributed by atoms with E-state index >= 15 is 0 Å². The van der Waals surface area contributed by atoms with Gasteiger partial charge in [-0.05, 0) is 44.9 Å². The number of carbonyl (C=O) groups excluding carboxylic acids is 1. The molecule has 2 fully saturated rings. The van der Waals surface area contributed by atoms with Gasteiger partial charge in [-0.15, -0.1) is 0 Å². The fourth-order valence-corrected chi connectivity index (χ4v) is 4.27. The molecular weight excluding hydrogens is 342 g/mol. The number of likely N-dealkylation sites (tertiary alicyclic amines) is 1. The van der Waals surface area contributed by atoms with Crippen molar-refractivity contribution >= 4 is 5.91 Å². The molecule has 4 rings (SSSR count). The van der Waals surface area contributed by atoms with Gasteiger partial charge < -0.3 is 9.64 Å². The minimum Gasteiger partial charge on any atom is -0.373 e. The van der Waals surface area contributed by atoms with Gasteiger partial charge in [-0.25, -0.2) is 9.67 Å². The average Bonchev–Trinajstić information content (AvgIpc) is 3.32. The number of amides is 1. The molecule has 1 amide bonds. The molecule has 2 aliphatic rings. The number of morpholine rings is 1. The third-order valence-corrected chi connectivity index (χ3v) is 5.33. The molecule has 0 aromatic carbocycles. The summed E-state index contributed by atoms with van der Waals surface area (Å²) in [5, 5.41) is 4.20. The number of nitrogens with zero attached hydrogens (tertiary/aromatic N) is 5. The molecule has 0 N–H and O–H groups in total. The van der Waals surface area contributed by atoms with Crippen LogP contribution < -0.4 is 0 Å². The first-order chi connectivity index (χ1) is 13.1. The predicted molar refractivity (Wildman–Crippen MR) is 102 cm³/mol. The second kappa shape index (κ2) is 7.78. The van der Waals surface area contributed by atoms with E-state index in [2.05, 4.69) is 28.8 Å². The Morgan fingerprint density at radius 3 is 2.81 bits per heavy atom. The molecular formula is C20H27N5O2. The van der Waals surface area contributed by atoms with Crippen molar-refractivity contribution in [2.24, 2.45) is 0 Å². The number of pyridine rings is 1. The lowest BCUT2D eigenvalue weighted by molar-refractivity contribution is -0.0715. The zero-order valence-corrected chi connectivity index (χ0v) is 16.0. The first-order valence-electron chi connectivity index (χ1n) is 9.75. The lowest BCUT2D eigenvalue weighted by atomic mass is 10.1. The minimum absolute atomic E-state index is 0.0858. The first-order valence-corrected chi connectivity index (χ1v) is 9.75. The molecule has 2 aliphatic heterocycles. The van der Waals surface area contributed by atoms with Gasteiger partial charge >= 0.3 is 0 Å². The van der Waals surface area contributed by atoms with E-state index in [4.69, 9.17) is 4.74 Å². The molecule has 144 valence electrons. The molecule has 0 spiro atoms. The Kier molecular flexibility index (Phi) is 5.22. The molecule has 0 saturated carbocycles. The van der Waals surface area contributed by atoms with Crippen molar-refractivity contribution in [1.82, 2.24) is 24.6 Å². The van der Waals surface area contributed by atoms with Gasteiger partial charge in [-0.1, -0.05) is 0 Å². The average molecular weight is 369 g/mol. The summed E-state index contributed by atoms with van der Waals surface area (Å²) in [5.41, 5.74) is 0.672. The Labute approximate surface area is 159 Å². The van der Waals surface area contributed by atoms with E-state index in [1.54, 1.807) is 23.1 Å². The first kappa shape index (κ1) is 18.1. The summed E-state index contributed by atoms with van der Waals surface area (Å²) < 4.78 is 7.51. The summed E-state index contributed by atoms with van der Waals surface area (Å²) in [6, 6.07) is 5.72. The summed E-state index contributed by atoms with van der Waals surface area (Å²) in [4.78, 5) is 22.0. The van der Waals surface area contributed by atoms with Gasteiger partial charge in [0.25, 0.3) is 5.91 Å². The molecule has 0 radical (unpaired) electrons. The number of aromatic nitrogens is 3. The highest BCUT2D eigenvalue weighted by Gasteiger charge is 2.33. The number of hydrogen-bond donors (Lipinski definition) is 0. The van der Waals surface area contributed by atoms with Crippen molar-refractivity contribution in [1.29, 1.82) is 0 Å². The smallest absolute Gasteiger partial charge is 0.254 e. The topological polar surface area (TPSA) is 63.5 Å². The summed E-state index contributed by atoms with van der Waals surface area (Å²) in [6.07, 6.45) is 7.83. The molecule has 2 aromatic rings. The largest absolute Gasteiger partial charge is 0.373 e. The Balaban J connectivity index is 1.47. The van der Waals surface area contributed by atoms with Crippen molar-refractivity contribution in [2.75, 3.05) is 26.2 Å². The molecule has 27 heavy (non-hydrogen) atoms. The van der Waals surface area contributed by atoms with Crippen molar-refractivity contribution in [3.05, 3.63) is 42.4 Å². The third kappa shape index (κ3) is 4.04. The zero-order chi connectivity index (χ0) is 18.8. The van der Waals surface area contributed by atoms with Crippen LogP contribution in [0.3, 0.4) is 0 Å². The van der Waals surface area contributed by atoms with E-state index in [1.807, 2.05) is 23.2 Å². The van der Waals surface area contributed by atoms with Crippen LogP contribution in [0.5, 0.6) is 0 Å². The van der Waals surface area contributed by atoms with Gasteiger partial charge in [0, 0.05) is 56.4 Å². The highest BCUT2D eigenvalue weighted by atomic mass is 16.5. The van der Waals surface area contributed by atoms with Gasteiger partial charge in [-0.2, -0.15) is 5.10 Å². The maximum Gasteiger partial charge on any atom is 0.254 e. The minimum atomic E-state index is 0.0858. The van der Waals surface area contributed by atoms with Crippen LogP contribution in [0.15, 0.2) is 36.8 Å². The van der Waals surface area contributed by atoms with Crippen molar-refractivity contribution in [2.45, 2.75) is 44.9 Å². The summed E-state index contributed by atoms with van der Waals surface area (Å²) in [7, 11) is 0. The van der Waals surface area contributed by atoms with Crippen LogP contribution in [0.25, 0.3) is 5.82 Å². The third-order valence-electron chi connectivity index (χ3n) is 5.33. The SMILES string of the molecule is CC1CN(CC2CCCN2C(=O)c2ccnc(-n3cccn3)c2)CC(C)O1. The fraction of sp³-hybridized carbons (Fsp3) is 0.550. The lowest BCUT2D eigenvalue weighted by Gasteiger charge is -2.38. The van der Waals surface area contributed by atoms with Gasteiger partial charge in [0.15, 0.2) is 5.82 Å². The second-order valence-electron chi connectivity index (χ2n) is 7.62. The molecule has 2 saturated heterocycles. The summed E-state index contributed by atoms with van der Waals surface area (Å²) >= 11 is 0. The highest BCUT2D eigenvalue weighted by Crippen LogP contribution is 2.23. The van der Waals surface area contributed by atoms with E-state index in [9.17, 15) is 4.79 Å². The second-order valence-corrected chi connectivity index (χ2v) is 7.62. The van der Waals surface area contributed by atoms with Crippen LogP contribution in [0.4, 0.5) is 0 Å². The molecule has 7 heteroatoms. The molecule has 0 aliphatic carbocycles. The van der Waals surface area contributed by atoms with Crippen LogP contribution in [0.2, 0.25) is 0 Å². The molecule has 3 atom stereocenters. The van der Waals surface area contributed by atoms with Gasteiger partial charge in [0.05, 0.1) is 12.2 Å².